The first-order valence-corrected chi connectivity index (χ1v) is 9.48. The average Bonchev–Trinajstić information content (AvgIpc) is 2.58. The molecular weight excluding hydrogens is 365 g/mol. The molecule has 0 unspecified atom stereocenters. The normalized spacial score (nSPS) is 11.8. The summed E-state index contributed by atoms with van der Waals surface area (Å²) in [5.74, 6) is 2.22. The number of amides is 1. The molecule has 3 nitrogen and oxygen atoms in total. The quantitative estimate of drug-likeness (QED) is 0.664. The second-order valence-electron chi connectivity index (χ2n) is 5.18. The molecule has 1 atom stereocenters. The first-order chi connectivity index (χ1) is 11.5. The summed E-state index contributed by atoms with van der Waals surface area (Å²) in [5.41, 5.74) is 1.22. The summed E-state index contributed by atoms with van der Waals surface area (Å²) in [4.78, 5) is 12.0. The van der Waals surface area contributed by atoms with E-state index in [-0.39, 0.29) is 5.91 Å². The van der Waals surface area contributed by atoms with E-state index in [2.05, 4.69) is 5.32 Å². The molecule has 2 aromatic rings. The lowest BCUT2D eigenvalue weighted by Gasteiger charge is -2.14. The van der Waals surface area contributed by atoms with Gasteiger partial charge in [0.1, 0.15) is 5.75 Å². The van der Waals surface area contributed by atoms with Crippen LogP contribution in [-0.4, -0.2) is 24.3 Å². The van der Waals surface area contributed by atoms with E-state index in [0.717, 1.165) is 16.5 Å². The number of hydrogen-bond acceptors (Lipinski definition) is 3. The molecule has 0 saturated heterocycles. The van der Waals surface area contributed by atoms with Crippen LogP contribution < -0.4 is 10.1 Å². The SMILES string of the molecule is C[C@@H](Oc1ccc(Cl)cc1)C(=O)NCCSCc1ccc(Cl)cc1. The number of carbonyl (C=O) groups is 1. The number of halogens is 2. The Bertz CT molecular complexity index is 647. The zero-order valence-corrected chi connectivity index (χ0v) is 15.6. The van der Waals surface area contributed by atoms with Gasteiger partial charge in [0, 0.05) is 28.1 Å². The first-order valence-electron chi connectivity index (χ1n) is 7.57. The van der Waals surface area contributed by atoms with Gasteiger partial charge in [-0.3, -0.25) is 4.79 Å². The van der Waals surface area contributed by atoms with Gasteiger partial charge in [0.2, 0.25) is 0 Å². The molecule has 24 heavy (non-hydrogen) atoms. The number of ether oxygens (including phenoxy) is 1. The minimum Gasteiger partial charge on any atom is -0.481 e. The molecule has 0 radical (unpaired) electrons. The van der Waals surface area contributed by atoms with E-state index in [1.807, 2.05) is 24.3 Å². The summed E-state index contributed by atoms with van der Waals surface area (Å²) in [6.45, 7) is 2.33. The molecule has 2 aromatic carbocycles. The Kier molecular flexibility index (Phi) is 7.76. The number of rotatable bonds is 8. The lowest BCUT2D eigenvalue weighted by molar-refractivity contribution is -0.127. The van der Waals surface area contributed by atoms with Crippen LogP contribution in [0, 0.1) is 0 Å². The minimum atomic E-state index is -0.549. The summed E-state index contributed by atoms with van der Waals surface area (Å²) in [7, 11) is 0. The number of nitrogens with one attached hydrogen (secondary N) is 1. The third kappa shape index (κ3) is 6.63. The lowest BCUT2D eigenvalue weighted by atomic mass is 10.2. The van der Waals surface area contributed by atoms with Gasteiger partial charge in [-0.05, 0) is 48.9 Å². The maximum absolute atomic E-state index is 12.0. The van der Waals surface area contributed by atoms with Crippen molar-refractivity contribution < 1.29 is 9.53 Å². The van der Waals surface area contributed by atoms with Crippen LogP contribution in [0.4, 0.5) is 0 Å². The molecule has 0 aliphatic heterocycles. The van der Waals surface area contributed by atoms with Gasteiger partial charge in [-0.1, -0.05) is 35.3 Å². The molecule has 0 fully saturated rings. The molecular formula is C18H19Cl2NO2S. The van der Waals surface area contributed by atoms with Gasteiger partial charge in [0.25, 0.3) is 5.91 Å². The molecule has 1 N–H and O–H groups in total. The van der Waals surface area contributed by atoms with Gasteiger partial charge in [0.05, 0.1) is 0 Å². The molecule has 0 aromatic heterocycles. The van der Waals surface area contributed by atoms with Gasteiger partial charge >= 0.3 is 0 Å². The number of thioether (sulfide) groups is 1. The largest absolute Gasteiger partial charge is 0.481 e. The maximum Gasteiger partial charge on any atom is 0.260 e. The third-order valence-electron chi connectivity index (χ3n) is 3.22. The summed E-state index contributed by atoms with van der Waals surface area (Å²) in [6, 6.07) is 14.7. The van der Waals surface area contributed by atoms with Crippen LogP contribution in [0.25, 0.3) is 0 Å². The van der Waals surface area contributed by atoms with Crippen molar-refractivity contribution >= 4 is 40.9 Å². The molecule has 0 spiro atoms. The summed E-state index contributed by atoms with van der Waals surface area (Å²) in [6.07, 6.45) is -0.549. The first kappa shape index (κ1) is 19.0. The Labute approximate surface area is 156 Å². The van der Waals surface area contributed by atoms with Crippen molar-refractivity contribution in [2.45, 2.75) is 18.8 Å². The highest BCUT2D eigenvalue weighted by Gasteiger charge is 2.13. The highest BCUT2D eigenvalue weighted by Crippen LogP contribution is 2.17. The van der Waals surface area contributed by atoms with Crippen molar-refractivity contribution in [3.8, 4) is 5.75 Å². The van der Waals surface area contributed by atoms with Crippen molar-refractivity contribution in [3.63, 3.8) is 0 Å². The van der Waals surface area contributed by atoms with Crippen LogP contribution in [-0.2, 0) is 10.5 Å². The standard InChI is InChI=1S/C18H19Cl2NO2S/c1-13(23-17-8-6-16(20)7-9-17)18(22)21-10-11-24-12-14-2-4-15(19)5-3-14/h2-9,13H,10-12H2,1H3,(H,21,22)/t13-/m1/s1. The Balaban J connectivity index is 1.63. The van der Waals surface area contributed by atoms with E-state index in [1.54, 1.807) is 43.0 Å². The predicted molar refractivity (Wildman–Crippen MR) is 102 cm³/mol. The van der Waals surface area contributed by atoms with Crippen LogP contribution >= 0.6 is 35.0 Å². The summed E-state index contributed by atoms with van der Waals surface area (Å²) < 4.78 is 5.58. The fourth-order valence-electron chi connectivity index (χ4n) is 1.93. The molecule has 0 bridgehead atoms. The molecule has 6 heteroatoms. The van der Waals surface area contributed by atoms with E-state index in [4.69, 9.17) is 27.9 Å². The molecule has 0 heterocycles. The fraction of sp³-hybridized carbons (Fsp3) is 0.278. The molecule has 1 amide bonds. The van der Waals surface area contributed by atoms with E-state index < -0.39 is 6.10 Å². The Morgan fingerprint density at radius 1 is 1.08 bits per heavy atom. The van der Waals surface area contributed by atoms with Crippen molar-refractivity contribution in [2.24, 2.45) is 0 Å². The van der Waals surface area contributed by atoms with Crippen LogP contribution in [0.3, 0.4) is 0 Å². The molecule has 128 valence electrons. The minimum absolute atomic E-state index is 0.128. The van der Waals surface area contributed by atoms with Gasteiger partial charge in [-0.25, -0.2) is 0 Å². The van der Waals surface area contributed by atoms with Crippen molar-refractivity contribution in [2.75, 3.05) is 12.3 Å². The van der Waals surface area contributed by atoms with Crippen LogP contribution in [0.5, 0.6) is 5.75 Å². The third-order valence-corrected chi connectivity index (χ3v) is 4.76. The zero-order chi connectivity index (χ0) is 17.4. The van der Waals surface area contributed by atoms with E-state index in [9.17, 15) is 4.79 Å². The van der Waals surface area contributed by atoms with Crippen LogP contribution in [0.1, 0.15) is 12.5 Å². The van der Waals surface area contributed by atoms with Crippen LogP contribution in [0.2, 0.25) is 10.0 Å². The summed E-state index contributed by atoms with van der Waals surface area (Å²) in [5, 5.41) is 4.26. The van der Waals surface area contributed by atoms with Gasteiger partial charge < -0.3 is 10.1 Å². The lowest BCUT2D eigenvalue weighted by Crippen LogP contribution is -2.37. The average molecular weight is 384 g/mol. The predicted octanol–water partition coefficient (Wildman–Crippen LogP) is 4.81. The molecule has 0 aliphatic rings. The second kappa shape index (κ2) is 9.82. The highest BCUT2D eigenvalue weighted by molar-refractivity contribution is 7.98. The van der Waals surface area contributed by atoms with Gasteiger partial charge in [-0.15, -0.1) is 0 Å². The van der Waals surface area contributed by atoms with Crippen molar-refractivity contribution in [3.05, 3.63) is 64.1 Å². The van der Waals surface area contributed by atoms with Gasteiger partial charge in [0.15, 0.2) is 6.10 Å². The maximum atomic E-state index is 12.0. The Hall–Kier alpha value is -1.36. The van der Waals surface area contributed by atoms with E-state index >= 15 is 0 Å². The highest BCUT2D eigenvalue weighted by atomic mass is 35.5. The van der Waals surface area contributed by atoms with E-state index in [0.29, 0.717) is 17.3 Å². The van der Waals surface area contributed by atoms with Gasteiger partial charge in [-0.2, -0.15) is 11.8 Å². The Morgan fingerprint density at radius 2 is 1.67 bits per heavy atom. The fourth-order valence-corrected chi connectivity index (χ4v) is 3.00. The number of hydrogen-bond donors (Lipinski definition) is 1. The molecule has 0 saturated carbocycles. The molecule has 0 aliphatic carbocycles. The smallest absolute Gasteiger partial charge is 0.260 e. The number of benzene rings is 2. The van der Waals surface area contributed by atoms with Crippen LogP contribution in [0.15, 0.2) is 48.5 Å². The molecule has 2 rings (SSSR count). The number of carbonyl (C=O) groups excluding carboxylic acids is 1. The summed E-state index contributed by atoms with van der Waals surface area (Å²) >= 11 is 13.4. The Morgan fingerprint density at radius 3 is 2.29 bits per heavy atom. The van der Waals surface area contributed by atoms with Crippen molar-refractivity contribution in [1.82, 2.24) is 5.32 Å². The second-order valence-corrected chi connectivity index (χ2v) is 7.16. The van der Waals surface area contributed by atoms with E-state index in [1.165, 1.54) is 5.56 Å². The topological polar surface area (TPSA) is 38.3 Å². The van der Waals surface area contributed by atoms with Crippen molar-refractivity contribution in [1.29, 1.82) is 0 Å². The monoisotopic (exact) mass is 383 g/mol. The zero-order valence-electron chi connectivity index (χ0n) is 13.3.